The Balaban J connectivity index is 1.91. The number of aliphatic hydroxyl groups is 1. The van der Waals surface area contributed by atoms with E-state index in [0.717, 1.165) is 10.8 Å². The number of rotatable bonds is 6. The lowest BCUT2D eigenvalue weighted by atomic mass is 10.1. The van der Waals surface area contributed by atoms with Crippen LogP contribution in [0.4, 0.5) is 0 Å². The second-order valence-electron chi connectivity index (χ2n) is 8.74. The highest BCUT2D eigenvalue weighted by molar-refractivity contribution is 9.10. The molecule has 10 nitrogen and oxygen atoms in total. The number of sulfonamides is 1. The summed E-state index contributed by atoms with van der Waals surface area (Å²) in [6, 6.07) is 18.6. The number of para-hydroxylation sites is 1. The molecule has 0 saturated carbocycles. The van der Waals surface area contributed by atoms with E-state index in [9.17, 15) is 27.9 Å². The number of H-pyrrole nitrogens is 1. The first-order valence-corrected chi connectivity index (χ1v) is 14.0. The quantitative estimate of drug-likeness (QED) is 0.275. The first-order chi connectivity index (χ1) is 18.1. The molecule has 0 aliphatic rings. The monoisotopic (exact) mass is 596 g/mol. The molecule has 0 unspecified atom stereocenters. The Morgan fingerprint density at radius 3 is 2.47 bits per heavy atom. The average Bonchev–Trinajstić information content (AvgIpc) is 3.16. The van der Waals surface area contributed by atoms with Gasteiger partial charge in [0, 0.05) is 16.4 Å². The summed E-state index contributed by atoms with van der Waals surface area (Å²) in [4.78, 5) is 43.1. The largest absolute Gasteiger partial charge is 0.392 e. The highest BCUT2D eigenvalue weighted by atomic mass is 79.9. The molecule has 0 aliphatic carbocycles. The molecule has 3 aromatic carbocycles. The normalized spacial score (nSPS) is 11.8. The third-order valence-electron chi connectivity index (χ3n) is 6.04. The number of aromatic amines is 1. The van der Waals surface area contributed by atoms with Crippen LogP contribution in [0.2, 0.25) is 0 Å². The van der Waals surface area contributed by atoms with Gasteiger partial charge < -0.3 is 14.7 Å². The van der Waals surface area contributed by atoms with Gasteiger partial charge in [0.1, 0.15) is 5.69 Å². The van der Waals surface area contributed by atoms with Crippen LogP contribution in [0.1, 0.15) is 21.6 Å². The van der Waals surface area contributed by atoms with Crippen molar-refractivity contribution >= 4 is 53.7 Å². The average molecular weight is 597 g/mol. The first kappa shape index (κ1) is 25.6. The van der Waals surface area contributed by atoms with Crippen molar-refractivity contribution in [2.75, 3.05) is 6.26 Å². The molecule has 5 aromatic rings. The van der Waals surface area contributed by atoms with Crippen molar-refractivity contribution in [1.29, 1.82) is 0 Å². The maximum atomic E-state index is 13.6. The Morgan fingerprint density at radius 1 is 1.00 bits per heavy atom. The second kappa shape index (κ2) is 9.71. The molecule has 0 fully saturated rings. The number of halogens is 1. The van der Waals surface area contributed by atoms with Gasteiger partial charge in [0.25, 0.3) is 11.5 Å². The number of carbonyl (C=O) groups is 1. The third-order valence-corrected chi connectivity index (χ3v) is 7.08. The topological polar surface area (TPSA) is 143 Å². The van der Waals surface area contributed by atoms with E-state index in [1.807, 2.05) is 4.72 Å². The van der Waals surface area contributed by atoms with Crippen LogP contribution >= 0.6 is 15.9 Å². The Kier molecular flexibility index (Phi) is 6.55. The number of hydrogen-bond acceptors (Lipinski definition) is 6. The van der Waals surface area contributed by atoms with E-state index in [-0.39, 0.29) is 29.9 Å². The van der Waals surface area contributed by atoms with Crippen LogP contribution in [-0.4, -0.2) is 39.8 Å². The van der Waals surface area contributed by atoms with Crippen LogP contribution in [-0.2, 0) is 23.2 Å². The van der Waals surface area contributed by atoms with E-state index in [1.54, 1.807) is 71.3 Å². The zero-order chi connectivity index (χ0) is 27.2. The number of amides is 1. The maximum Gasteiger partial charge on any atom is 0.333 e. The maximum absolute atomic E-state index is 13.6. The summed E-state index contributed by atoms with van der Waals surface area (Å²) in [5, 5.41) is 10.2. The van der Waals surface area contributed by atoms with Crippen LogP contribution in [0.5, 0.6) is 0 Å². The summed E-state index contributed by atoms with van der Waals surface area (Å²) in [7, 11) is -4.00. The summed E-state index contributed by atoms with van der Waals surface area (Å²) in [5.41, 5.74) is 0.450. The molecule has 2 heterocycles. The van der Waals surface area contributed by atoms with Crippen molar-refractivity contribution in [3.05, 3.63) is 109 Å². The fourth-order valence-electron chi connectivity index (χ4n) is 4.52. The zero-order valence-electron chi connectivity index (χ0n) is 19.9. The number of nitrogens with one attached hydrogen (secondary N) is 2. The molecule has 0 atom stereocenters. The number of aromatic nitrogens is 3. The van der Waals surface area contributed by atoms with Gasteiger partial charge in [0.05, 0.1) is 35.0 Å². The van der Waals surface area contributed by atoms with Gasteiger partial charge in [-0.25, -0.2) is 22.5 Å². The van der Waals surface area contributed by atoms with Crippen LogP contribution in [0.25, 0.3) is 27.5 Å². The highest BCUT2D eigenvalue weighted by Crippen LogP contribution is 2.32. The Hall–Kier alpha value is -4.00. The molecule has 0 spiro atoms. The van der Waals surface area contributed by atoms with E-state index in [4.69, 9.17) is 0 Å². The van der Waals surface area contributed by atoms with Crippen molar-refractivity contribution < 1.29 is 18.3 Å². The fourth-order valence-corrected chi connectivity index (χ4v) is 5.32. The molecule has 0 saturated heterocycles. The lowest BCUT2D eigenvalue weighted by Crippen LogP contribution is -2.37. The summed E-state index contributed by atoms with van der Waals surface area (Å²) in [6.07, 6.45) is 0.841. The summed E-state index contributed by atoms with van der Waals surface area (Å²) < 4.78 is 29.2. The number of aliphatic hydroxyl groups excluding tert-OH is 1. The molecule has 0 radical (unpaired) electrons. The van der Waals surface area contributed by atoms with E-state index in [2.05, 4.69) is 20.9 Å². The van der Waals surface area contributed by atoms with Crippen molar-refractivity contribution in [3.8, 4) is 5.69 Å². The van der Waals surface area contributed by atoms with Gasteiger partial charge >= 0.3 is 5.69 Å². The molecule has 5 rings (SSSR count). The van der Waals surface area contributed by atoms with E-state index < -0.39 is 27.2 Å². The first-order valence-electron chi connectivity index (χ1n) is 11.3. The second-order valence-corrected chi connectivity index (χ2v) is 11.4. The number of carbonyl (C=O) groups excluding carboxylic acids is 1. The minimum absolute atomic E-state index is 0.0576. The minimum atomic E-state index is -4.00. The predicted molar refractivity (Wildman–Crippen MR) is 147 cm³/mol. The lowest BCUT2D eigenvalue weighted by molar-refractivity contribution is 0.0973. The summed E-state index contributed by atoms with van der Waals surface area (Å²) in [5.74, 6) is -1.01. The summed E-state index contributed by atoms with van der Waals surface area (Å²) in [6.45, 7) is -0.111. The Labute approximate surface area is 224 Å². The summed E-state index contributed by atoms with van der Waals surface area (Å²) >= 11 is 3.41. The smallest absolute Gasteiger partial charge is 0.333 e. The van der Waals surface area contributed by atoms with Crippen LogP contribution in [0.15, 0.2) is 80.8 Å². The van der Waals surface area contributed by atoms with Gasteiger partial charge in [-0.3, -0.25) is 9.59 Å². The van der Waals surface area contributed by atoms with Gasteiger partial charge in [-0.1, -0.05) is 52.3 Å². The highest BCUT2D eigenvalue weighted by Gasteiger charge is 2.28. The number of nitrogens with zero attached hydrogens (tertiary/aromatic N) is 2. The van der Waals surface area contributed by atoms with E-state index >= 15 is 0 Å². The van der Waals surface area contributed by atoms with Crippen molar-refractivity contribution in [2.24, 2.45) is 0 Å². The predicted octanol–water partition coefficient (Wildman–Crippen LogP) is 2.63. The molecule has 3 N–H and O–H groups in total. The molecule has 2 aromatic heterocycles. The van der Waals surface area contributed by atoms with Crippen molar-refractivity contribution in [1.82, 2.24) is 18.8 Å². The van der Waals surface area contributed by atoms with Gasteiger partial charge in [-0.05, 0) is 41.5 Å². The molecule has 194 valence electrons. The van der Waals surface area contributed by atoms with Crippen LogP contribution < -0.4 is 16.0 Å². The fraction of sp³-hybridized carbons (Fsp3) is 0.115. The minimum Gasteiger partial charge on any atom is -0.392 e. The molecule has 1 amide bonds. The lowest BCUT2D eigenvalue weighted by Gasteiger charge is -2.13. The van der Waals surface area contributed by atoms with Gasteiger partial charge in [0.15, 0.2) is 0 Å². The molecular formula is C26H21BrN4O6S. The number of hydrogen-bond donors (Lipinski definition) is 3. The van der Waals surface area contributed by atoms with Crippen LogP contribution in [0, 0.1) is 0 Å². The number of fused-ring (bicyclic) bond motifs is 2. The Bertz CT molecular complexity index is 1970. The third kappa shape index (κ3) is 4.69. The molecular weight excluding hydrogens is 576 g/mol. The van der Waals surface area contributed by atoms with Gasteiger partial charge in [-0.15, -0.1) is 0 Å². The van der Waals surface area contributed by atoms with Crippen molar-refractivity contribution in [2.45, 2.75) is 13.2 Å². The number of benzene rings is 3. The SMILES string of the molecule is CS(=O)(=O)NC(=O)c1c(-n2c(=O)[nH]c3ccccc3c2=O)c2cc(Br)ccc2n1Cc1cccc(CO)c1. The molecule has 0 bridgehead atoms. The van der Waals surface area contributed by atoms with E-state index in [1.165, 1.54) is 0 Å². The van der Waals surface area contributed by atoms with Gasteiger partial charge in [0.2, 0.25) is 10.0 Å². The van der Waals surface area contributed by atoms with Crippen LogP contribution in [0.3, 0.4) is 0 Å². The molecule has 12 heteroatoms. The zero-order valence-corrected chi connectivity index (χ0v) is 22.3. The molecule has 0 aliphatic heterocycles. The van der Waals surface area contributed by atoms with Gasteiger partial charge in [-0.2, -0.15) is 0 Å². The standard InChI is InChI=1S/C26H21BrN4O6S/c1-38(36,37)29-24(33)23-22(31-25(34)18-7-2-3-8-20(18)28-26(31)35)19-12-17(27)9-10-21(19)30(23)13-15-5-4-6-16(11-15)14-32/h2-12,32H,13-14H2,1H3,(H,28,35)(H,29,33). The van der Waals surface area contributed by atoms with Crippen molar-refractivity contribution in [3.63, 3.8) is 0 Å². The Morgan fingerprint density at radius 2 is 1.74 bits per heavy atom. The van der Waals surface area contributed by atoms with E-state index in [0.29, 0.717) is 32.0 Å². The molecule has 38 heavy (non-hydrogen) atoms.